The number of nitrogens with two attached hydrogens (primary N) is 1. The minimum absolute atomic E-state index is 0.124. The maximum atomic E-state index is 15.4. The Morgan fingerprint density at radius 2 is 1.72 bits per heavy atom. The van der Waals surface area contributed by atoms with E-state index < -0.39 is 51.6 Å². The first kappa shape index (κ1) is 33.4. The molecular weight excluding hydrogens is 630 g/mol. The molecule has 1 heterocycles. The second kappa shape index (κ2) is 14.7. The summed E-state index contributed by atoms with van der Waals surface area (Å²) in [7, 11) is -3.89. The van der Waals surface area contributed by atoms with Crippen LogP contribution in [0, 0.1) is 11.6 Å². The van der Waals surface area contributed by atoms with Crippen molar-refractivity contribution in [2.75, 3.05) is 18.4 Å². The molecule has 0 aromatic heterocycles. The van der Waals surface area contributed by atoms with Crippen LogP contribution in [-0.2, 0) is 21.2 Å². The molecule has 240 valence electrons. The molecule has 0 bridgehead atoms. The molecule has 0 saturated carbocycles. The van der Waals surface area contributed by atoms with E-state index >= 15 is 4.39 Å². The molecule has 7 nitrogen and oxygen atoms in total. The van der Waals surface area contributed by atoms with Gasteiger partial charge in [0.2, 0.25) is 15.9 Å². The van der Waals surface area contributed by atoms with Crippen LogP contribution >= 0.6 is 11.6 Å². The lowest BCUT2D eigenvalue weighted by molar-refractivity contribution is -0.117. The van der Waals surface area contributed by atoms with Gasteiger partial charge >= 0.3 is 0 Å². The Balaban J connectivity index is 1.40. The maximum absolute atomic E-state index is 15.4. The monoisotopic (exact) mass is 664 g/mol. The molecule has 4 N–H and O–H groups in total. The van der Waals surface area contributed by atoms with Crippen molar-refractivity contribution in [3.05, 3.63) is 143 Å². The average molecular weight is 665 g/mol. The highest BCUT2D eigenvalue weighted by molar-refractivity contribution is 7.89. The molecule has 11 heteroatoms. The van der Waals surface area contributed by atoms with Crippen molar-refractivity contribution in [3.8, 4) is 0 Å². The van der Waals surface area contributed by atoms with Gasteiger partial charge in [0.25, 0.3) is 0 Å². The lowest BCUT2D eigenvalue weighted by Crippen LogP contribution is -2.58. The van der Waals surface area contributed by atoms with Gasteiger partial charge < -0.3 is 16.4 Å². The third-order valence-electron chi connectivity index (χ3n) is 8.21. The zero-order valence-corrected chi connectivity index (χ0v) is 26.5. The average Bonchev–Trinajstić information content (AvgIpc) is 3.05. The van der Waals surface area contributed by atoms with Gasteiger partial charge in [0.15, 0.2) is 0 Å². The van der Waals surface area contributed by atoms with E-state index in [9.17, 15) is 17.6 Å². The first-order valence-electron chi connectivity index (χ1n) is 14.9. The molecule has 1 fully saturated rings. The predicted molar refractivity (Wildman–Crippen MR) is 177 cm³/mol. The number of rotatable bonds is 11. The fourth-order valence-corrected chi connectivity index (χ4v) is 7.90. The van der Waals surface area contributed by atoms with Crippen LogP contribution in [0.15, 0.2) is 115 Å². The van der Waals surface area contributed by atoms with Gasteiger partial charge in [0.1, 0.15) is 11.6 Å². The SMILES string of the molecule is C=CC1CNCC(CCc2c(F)cccc2NC(=O)C(N)C(c2ccc(Cl)cc2)c2cccc(F)c2)N1S(=O)(=O)c1ccccc1. The third-order valence-corrected chi connectivity index (χ3v) is 10.5. The van der Waals surface area contributed by atoms with E-state index in [1.54, 1.807) is 78.9 Å². The summed E-state index contributed by atoms with van der Waals surface area (Å²) in [6.45, 7) is 4.59. The molecule has 4 aromatic rings. The summed E-state index contributed by atoms with van der Waals surface area (Å²) in [6, 6.07) is 22.9. The van der Waals surface area contributed by atoms with E-state index in [-0.39, 0.29) is 29.0 Å². The standard InChI is InChI=1S/C35H35ClF2N4O3S/c1-2-27-21-40-22-28(42(27)46(44,45)29-10-4-3-5-11-29)18-19-30-31(38)12-7-13-32(30)41-35(43)34(39)33(23-14-16-25(36)17-15-23)24-8-6-9-26(37)20-24/h2-17,20,27-28,33-34,40H,1,18-19,21-22,39H2,(H,41,43). The highest BCUT2D eigenvalue weighted by Crippen LogP contribution is 2.31. The van der Waals surface area contributed by atoms with Crippen molar-refractivity contribution in [2.24, 2.45) is 5.73 Å². The van der Waals surface area contributed by atoms with Gasteiger partial charge in [-0.05, 0) is 72.5 Å². The molecule has 1 saturated heterocycles. The second-order valence-electron chi connectivity index (χ2n) is 11.2. The Kier molecular flexibility index (Phi) is 10.7. The number of nitrogens with zero attached hydrogens (tertiary/aromatic N) is 1. The summed E-state index contributed by atoms with van der Waals surface area (Å²) >= 11 is 6.09. The van der Waals surface area contributed by atoms with Crippen molar-refractivity contribution in [2.45, 2.75) is 41.8 Å². The van der Waals surface area contributed by atoms with Gasteiger partial charge in [-0.15, -0.1) is 6.58 Å². The summed E-state index contributed by atoms with van der Waals surface area (Å²) in [5.41, 5.74) is 8.12. The molecule has 0 radical (unpaired) electrons. The first-order valence-corrected chi connectivity index (χ1v) is 16.7. The Labute approximate surface area is 273 Å². The van der Waals surface area contributed by atoms with E-state index in [2.05, 4.69) is 17.2 Å². The number of carbonyl (C=O) groups excluding carboxylic acids is 1. The van der Waals surface area contributed by atoms with Gasteiger partial charge in [0, 0.05) is 41.3 Å². The molecule has 46 heavy (non-hydrogen) atoms. The van der Waals surface area contributed by atoms with Gasteiger partial charge in [-0.1, -0.05) is 66.2 Å². The molecule has 4 atom stereocenters. The van der Waals surface area contributed by atoms with Crippen LogP contribution in [0.1, 0.15) is 29.0 Å². The number of carbonyl (C=O) groups is 1. The smallest absolute Gasteiger partial charge is 0.243 e. The Hall–Kier alpha value is -3.93. The number of hydrogen-bond donors (Lipinski definition) is 3. The molecule has 1 amide bonds. The highest BCUT2D eigenvalue weighted by atomic mass is 35.5. The zero-order chi connectivity index (χ0) is 32.8. The van der Waals surface area contributed by atoms with Crippen molar-refractivity contribution in [1.29, 1.82) is 0 Å². The number of sulfonamides is 1. The Morgan fingerprint density at radius 3 is 2.41 bits per heavy atom. The topological polar surface area (TPSA) is 105 Å². The van der Waals surface area contributed by atoms with E-state index in [4.69, 9.17) is 17.3 Å². The van der Waals surface area contributed by atoms with E-state index in [1.165, 1.54) is 28.6 Å². The van der Waals surface area contributed by atoms with E-state index in [1.807, 2.05) is 0 Å². The lowest BCUT2D eigenvalue weighted by Gasteiger charge is -2.40. The van der Waals surface area contributed by atoms with Crippen LogP contribution in [0.5, 0.6) is 0 Å². The summed E-state index contributed by atoms with van der Waals surface area (Å²) < 4.78 is 58.5. The van der Waals surface area contributed by atoms with Gasteiger partial charge in [-0.3, -0.25) is 4.79 Å². The first-order chi connectivity index (χ1) is 22.1. The van der Waals surface area contributed by atoms with Gasteiger partial charge in [-0.25, -0.2) is 17.2 Å². The van der Waals surface area contributed by atoms with Crippen LogP contribution in [0.2, 0.25) is 5.02 Å². The van der Waals surface area contributed by atoms with Gasteiger partial charge in [-0.2, -0.15) is 4.31 Å². The predicted octanol–water partition coefficient (Wildman–Crippen LogP) is 5.87. The largest absolute Gasteiger partial charge is 0.324 e. The minimum atomic E-state index is -3.89. The normalized spacial score (nSPS) is 18.4. The summed E-state index contributed by atoms with van der Waals surface area (Å²) in [5.74, 6) is -2.36. The van der Waals surface area contributed by atoms with E-state index in [0.29, 0.717) is 29.2 Å². The van der Waals surface area contributed by atoms with Gasteiger partial charge in [0.05, 0.1) is 17.0 Å². The van der Waals surface area contributed by atoms with Crippen molar-refractivity contribution in [1.82, 2.24) is 9.62 Å². The molecular formula is C35H35ClF2N4O3S. The van der Waals surface area contributed by atoms with Crippen LogP contribution in [-0.4, -0.2) is 49.8 Å². The Morgan fingerprint density at radius 1 is 1.00 bits per heavy atom. The van der Waals surface area contributed by atoms with Crippen LogP contribution < -0.4 is 16.4 Å². The van der Waals surface area contributed by atoms with Crippen LogP contribution in [0.3, 0.4) is 0 Å². The highest BCUT2D eigenvalue weighted by Gasteiger charge is 2.38. The number of hydrogen-bond acceptors (Lipinski definition) is 5. The zero-order valence-electron chi connectivity index (χ0n) is 25.0. The van der Waals surface area contributed by atoms with E-state index in [0.717, 1.165) is 0 Å². The number of amides is 1. The van der Waals surface area contributed by atoms with Crippen LogP contribution in [0.25, 0.3) is 0 Å². The fourth-order valence-electron chi connectivity index (χ4n) is 5.94. The molecule has 4 aromatic carbocycles. The van der Waals surface area contributed by atoms with Crippen molar-refractivity contribution >= 4 is 33.2 Å². The summed E-state index contributed by atoms with van der Waals surface area (Å²) in [6.07, 6.45) is 1.97. The minimum Gasteiger partial charge on any atom is -0.324 e. The number of halogens is 3. The number of benzene rings is 4. The number of piperazine rings is 1. The maximum Gasteiger partial charge on any atom is 0.243 e. The van der Waals surface area contributed by atoms with Crippen molar-refractivity contribution in [3.63, 3.8) is 0 Å². The summed E-state index contributed by atoms with van der Waals surface area (Å²) in [5, 5.41) is 6.54. The molecule has 5 rings (SSSR count). The third kappa shape index (κ3) is 7.37. The second-order valence-corrected chi connectivity index (χ2v) is 13.4. The van der Waals surface area contributed by atoms with Crippen LogP contribution in [0.4, 0.5) is 14.5 Å². The molecule has 0 spiro atoms. The number of anilines is 1. The molecule has 0 aliphatic carbocycles. The fraction of sp³-hybridized carbons (Fsp3) is 0.229. The van der Waals surface area contributed by atoms with Crippen molar-refractivity contribution < 1.29 is 22.0 Å². The molecule has 1 aliphatic rings. The Bertz CT molecular complexity index is 1790. The molecule has 1 aliphatic heterocycles. The molecule has 4 unspecified atom stereocenters. The number of nitrogens with one attached hydrogen (secondary N) is 2. The summed E-state index contributed by atoms with van der Waals surface area (Å²) in [4.78, 5) is 13.8. The quantitative estimate of drug-likeness (QED) is 0.174. The lowest BCUT2D eigenvalue weighted by atomic mass is 9.85.